The van der Waals surface area contributed by atoms with Crippen molar-refractivity contribution >= 4 is 23.2 Å². The molecule has 0 saturated carbocycles. The van der Waals surface area contributed by atoms with Crippen molar-refractivity contribution in [2.45, 2.75) is 19.3 Å². The van der Waals surface area contributed by atoms with Gasteiger partial charge in [0.15, 0.2) is 0 Å². The van der Waals surface area contributed by atoms with Crippen molar-refractivity contribution in [2.75, 3.05) is 13.6 Å². The molecule has 1 N–H and O–H groups in total. The number of hydrogen-bond donors (Lipinski definition) is 1. The van der Waals surface area contributed by atoms with Crippen LogP contribution in [0.3, 0.4) is 0 Å². The Morgan fingerprint density at radius 2 is 1.93 bits per heavy atom. The predicted molar refractivity (Wildman–Crippen MR) is 63.3 cm³/mol. The zero-order chi connectivity index (χ0) is 10.4. The summed E-state index contributed by atoms with van der Waals surface area (Å²) in [6, 6.07) is 5.84. The van der Waals surface area contributed by atoms with Crippen molar-refractivity contribution in [1.29, 1.82) is 0 Å². The average molecular weight is 232 g/mol. The lowest BCUT2D eigenvalue weighted by Crippen LogP contribution is -2.07. The molecule has 1 aromatic rings. The largest absolute Gasteiger partial charge is 0.320 e. The van der Waals surface area contributed by atoms with E-state index in [1.54, 1.807) is 0 Å². The van der Waals surface area contributed by atoms with E-state index in [1.807, 2.05) is 25.2 Å². The van der Waals surface area contributed by atoms with E-state index in [-0.39, 0.29) is 0 Å². The molecule has 1 aromatic carbocycles. The lowest BCUT2D eigenvalue weighted by molar-refractivity contribution is 0.677. The van der Waals surface area contributed by atoms with E-state index in [2.05, 4.69) is 5.32 Å². The normalized spacial score (nSPS) is 10.5. The van der Waals surface area contributed by atoms with Crippen LogP contribution in [0.25, 0.3) is 0 Å². The minimum absolute atomic E-state index is 0.630. The summed E-state index contributed by atoms with van der Waals surface area (Å²) in [6.45, 7) is 1.07. The summed E-state index contributed by atoms with van der Waals surface area (Å²) in [4.78, 5) is 0. The maximum atomic E-state index is 5.91. The van der Waals surface area contributed by atoms with E-state index >= 15 is 0 Å². The second-order valence-electron chi connectivity index (χ2n) is 3.31. The Morgan fingerprint density at radius 3 is 2.57 bits per heavy atom. The number of benzene rings is 1. The van der Waals surface area contributed by atoms with Gasteiger partial charge in [-0.1, -0.05) is 29.3 Å². The van der Waals surface area contributed by atoms with Crippen LogP contribution in [0.2, 0.25) is 10.0 Å². The summed E-state index contributed by atoms with van der Waals surface area (Å²) in [7, 11) is 1.97. The number of hydrogen-bond acceptors (Lipinski definition) is 1. The van der Waals surface area contributed by atoms with Gasteiger partial charge in [-0.3, -0.25) is 0 Å². The van der Waals surface area contributed by atoms with E-state index in [9.17, 15) is 0 Å². The fourth-order valence-electron chi connectivity index (χ4n) is 1.33. The molecule has 1 nitrogen and oxygen atoms in total. The van der Waals surface area contributed by atoms with Crippen LogP contribution in [-0.2, 0) is 6.42 Å². The molecular weight excluding hydrogens is 217 g/mol. The smallest absolute Gasteiger partial charge is 0.0595 e. The number of halogens is 2. The molecular formula is C11H15Cl2N. The third-order valence-electron chi connectivity index (χ3n) is 2.13. The zero-order valence-electron chi connectivity index (χ0n) is 8.32. The zero-order valence-corrected chi connectivity index (χ0v) is 9.83. The molecule has 0 amide bonds. The number of unbranched alkanes of at least 4 members (excludes halogenated alkanes) is 1. The second-order valence-corrected chi connectivity index (χ2v) is 4.12. The lowest BCUT2D eigenvalue weighted by atomic mass is 10.1. The Balaban J connectivity index is 2.39. The predicted octanol–water partition coefficient (Wildman–Crippen LogP) is 3.54. The number of aryl methyl sites for hydroxylation is 1. The van der Waals surface area contributed by atoms with Gasteiger partial charge in [-0.2, -0.15) is 0 Å². The van der Waals surface area contributed by atoms with Crippen molar-refractivity contribution < 1.29 is 0 Å². The van der Waals surface area contributed by atoms with E-state index in [0.717, 1.165) is 13.0 Å². The summed E-state index contributed by atoms with van der Waals surface area (Å²) in [6.07, 6.45) is 3.44. The van der Waals surface area contributed by atoms with Gasteiger partial charge in [0.25, 0.3) is 0 Å². The topological polar surface area (TPSA) is 12.0 Å². The SMILES string of the molecule is CNCCCCc1ccc(Cl)c(Cl)c1. The molecule has 0 bridgehead atoms. The fourth-order valence-corrected chi connectivity index (χ4v) is 1.65. The Bertz CT molecular complexity index is 287. The Morgan fingerprint density at radius 1 is 1.14 bits per heavy atom. The molecule has 0 aromatic heterocycles. The Kier molecular flexibility index (Phi) is 5.31. The van der Waals surface area contributed by atoms with Gasteiger partial charge < -0.3 is 5.32 Å². The molecule has 0 atom stereocenters. The van der Waals surface area contributed by atoms with Crippen molar-refractivity contribution in [3.63, 3.8) is 0 Å². The summed E-state index contributed by atoms with van der Waals surface area (Å²) < 4.78 is 0. The minimum atomic E-state index is 0.630. The van der Waals surface area contributed by atoms with Crippen LogP contribution in [0.1, 0.15) is 18.4 Å². The molecule has 0 spiro atoms. The van der Waals surface area contributed by atoms with E-state index in [0.29, 0.717) is 10.0 Å². The fraction of sp³-hybridized carbons (Fsp3) is 0.455. The molecule has 0 fully saturated rings. The molecule has 1 rings (SSSR count). The molecule has 0 heterocycles. The van der Waals surface area contributed by atoms with Gasteiger partial charge in [0.05, 0.1) is 10.0 Å². The maximum absolute atomic E-state index is 5.91. The molecule has 0 aliphatic heterocycles. The summed E-state index contributed by atoms with van der Waals surface area (Å²) in [5.41, 5.74) is 1.26. The van der Waals surface area contributed by atoms with Crippen LogP contribution < -0.4 is 5.32 Å². The van der Waals surface area contributed by atoms with Crippen molar-refractivity contribution in [2.24, 2.45) is 0 Å². The van der Waals surface area contributed by atoms with Gasteiger partial charge in [0.2, 0.25) is 0 Å². The first-order valence-corrected chi connectivity index (χ1v) is 5.58. The number of rotatable bonds is 5. The third kappa shape index (κ3) is 3.87. The van der Waals surface area contributed by atoms with Crippen molar-refractivity contribution in [1.82, 2.24) is 5.32 Å². The van der Waals surface area contributed by atoms with Gasteiger partial charge in [0.1, 0.15) is 0 Å². The van der Waals surface area contributed by atoms with E-state index in [4.69, 9.17) is 23.2 Å². The second kappa shape index (κ2) is 6.28. The van der Waals surface area contributed by atoms with Crippen LogP contribution in [-0.4, -0.2) is 13.6 Å². The van der Waals surface area contributed by atoms with Crippen molar-refractivity contribution in [3.05, 3.63) is 33.8 Å². The summed E-state index contributed by atoms with van der Waals surface area (Å²) in [5, 5.41) is 4.41. The maximum Gasteiger partial charge on any atom is 0.0595 e. The Labute approximate surface area is 95.4 Å². The van der Waals surface area contributed by atoms with E-state index in [1.165, 1.54) is 18.4 Å². The molecule has 0 aliphatic rings. The molecule has 3 heteroatoms. The van der Waals surface area contributed by atoms with Gasteiger partial charge in [-0.15, -0.1) is 0 Å². The molecule has 0 saturated heterocycles. The highest BCUT2D eigenvalue weighted by Gasteiger charge is 1.99. The molecule has 14 heavy (non-hydrogen) atoms. The summed E-state index contributed by atoms with van der Waals surface area (Å²) in [5.74, 6) is 0. The lowest BCUT2D eigenvalue weighted by Gasteiger charge is -2.03. The van der Waals surface area contributed by atoms with Gasteiger partial charge in [0, 0.05) is 0 Å². The third-order valence-corrected chi connectivity index (χ3v) is 2.87. The van der Waals surface area contributed by atoms with Gasteiger partial charge >= 0.3 is 0 Å². The molecule has 0 radical (unpaired) electrons. The Hall–Kier alpha value is -0.240. The first kappa shape index (κ1) is 11.8. The highest BCUT2D eigenvalue weighted by atomic mass is 35.5. The van der Waals surface area contributed by atoms with E-state index < -0.39 is 0 Å². The minimum Gasteiger partial charge on any atom is -0.320 e. The monoisotopic (exact) mass is 231 g/mol. The first-order valence-electron chi connectivity index (χ1n) is 4.82. The van der Waals surface area contributed by atoms with Crippen molar-refractivity contribution in [3.8, 4) is 0 Å². The standard InChI is InChI=1S/C11H15Cl2N/c1-14-7-3-2-4-9-5-6-10(12)11(13)8-9/h5-6,8,14H,2-4,7H2,1H3. The molecule has 0 aliphatic carbocycles. The van der Waals surface area contributed by atoms with Gasteiger partial charge in [-0.05, 0) is 50.6 Å². The summed E-state index contributed by atoms with van der Waals surface area (Å²) >= 11 is 11.7. The van der Waals surface area contributed by atoms with Crippen LogP contribution in [0, 0.1) is 0 Å². The molecule has 0 unspecified atom stereocenters. The highest BCUT2D eigenvalue weighted by Crippen LogP contribution is 2.23. The van der Waals surface area contributed by atoms with Crippen LogP contribution in [0.4, 0.5) is 0 Å². The average Bonchev–Trinajstić information content (AvgIpc) is 2.18. The van der Waals surface area contributed by atoms with Crippen LogP contribution in [0.15, 0.2) is 18.2 Å². The highest BCUT2D eigenvalue weighted by molar-refractivity contribution is 6.42. The number of nitrogens with one attached hydrogen (secondary N) is 1. The van der Waals surface area contributed by atoms with Gasteiger partial charge in [-0.25, -0.2) is 0 Å². The molecule has 78 valence electrons. The van der Waals surface area contributed by atoms with Crippen LogP contribution >= 0.6 is 23.2 Å². The van der Waals surface area contributed by atoms with Crippen LogP contribution in [0.5, 0.6) is 0 Å². The first-order chi connectivity index (χ1) is 6.74. The quantitative estimate of drug-likeness (QED) is 0.765.